The number of likely N-dealkylation sites (N-methyl/N-ethyl adjacent to an activating group) is 1. The minimum absolute atomic E-state index is 0.127. The van der Waals surface area contributed by atoms with Crippen molar-refractivity contribution in [1.82, 2.24) is 9.80 Å². The van der Waals surface area contributed by atoms with Gasteiger partial charge in [-0.3, -0.25) is 0 Å². The van der Waals surface area contributed by atoms with Crippen LogP contribution in [0.4, 0.5) is 5.69 Å². The van der Waals surface area contributed by atoms with Crippen molar-refractivity contribution in [3.8, 4) is 0 Å². The highest BCUT2D eigenvalue weighted by atomic mass is 32.1. The van der Waals surface area contributed by atoms with Crippen LogP contribution in [0.2, 0.25) is 0 Å². The van der Waals surface area contributed by atoms with E-state index in [0.29, 0.717) is 5.92 Å². The van der Waals surface area contributed by atoms with Crippen LogP contribution in [-0.4, -0.2) is 53.6 Å². The summed E-state index contributed by atoms with van der Waals surface area (Å²) < 4.78 is 0. The lowest BCUT2D eigenvalue weighted by Gasteiger charge is -2.48. The van der Waals surface area contributed by atoms with Gasteiger partial charge in [0.2, 0.25) is 0 Å². The highest BCUT2D eigenvalue weighted by Gasteiger charge is 2.36. The molecule has 4 rings (SSSR count). The minimum atomic E-state index is 0.127. The van der Waals surface area contributed by atoms with Gasteiger partial charge in [-0.25, -0.2) is 0 Å². The maximum Gasteiger partial charge on any atom is 0.109 e. The molecule has 0 N–H and O–H groups in total. The standard InChI is InChI=1S/C25H33N3S/c1-19-17-25(2,3)28(18-20-8-6-5-7-9-20)23-11-10-21(16-22(19)23)24(29)27-14-12-26(4)13-15-27/h5-11,16,19H,12-15,17-18H2,1-4H3/t19-/m0/s1. The molecule has 2 aliphatic rings. The summed E-state index contributed by atoms with van der Waals surface area (Å²) in [6, 6.07) is 17.7. The maximum atomic E-state index is 5.90. The number of hydrogen-bond donors (Lipinski definition) is 0. The van der Waals surface area contributed by atoms with E-state index in [2.05, 4.69) is 91.0 Å². The van der Waals surface area contributed by atoms with E-state index in [0.717, 1.165) is 44.1 Å². The molecule has 0 spiro atoms. The molecule has 3 nitrogen and oxygen atoms in total. The van der Waals surface area contributed by atoms with E-state index in [1.54, 1.807) is 0 Å². The van der Waals surface area contributed by atoms with Gasteiger partial charge >= 0.3 is 0 Å². The molecule has 0 bridgehead atoms. The number of hydrogen-bond acceptors (Lipinski definition) is 3. The molecular formula is C25H33N3S. The summed E-state index contributed by atoms with van der Waals surface area (Å²) in [5, 5.41) is 0. The molecule has 2 aromatic rings. The number of rotatable bonds is 3. The zero-order valence-corrected chi connectivity index (χ0v) is 19.0. The third kappa shape index (κ3) is 4.19. The van der Waals surface area contributed by atoms with Gasteiger partial charge in [-0.05, 0) is 62.6 Å². The number of benzene rings is 2. The molecule has 1 atom stereocenters. The van der Waals surface area contributed by atoms with Crippen molar-refractivity contribution < 1.29 is 0 Å². The summed E-state index contributed by atoms with van der Waals surface area (Å²) >= 11 is 5.90. The van der Waals surface area contributed by atoms with Gasteiger partial charge < -0.3 is 14.7 Å². The lowest BCUT2D eigenvalue weighted by molar-refractivity contribution is 0.218. The SMILES string of the molecule is C[C@H]1CC(C)(C)N(Cc2ccccc2)c2ccc(C(=S)N3CCN(C)CC3)cc21. The quantitative estimate of drug-likeness (QED) is 0.669. The number of thiocarbonyl (C=S) groups is 1. The predicted octanol–water partition coefficient (Wildman–Crippen LogP) is 4.90. The minimum Gasteiger partial charge on any atom is -0.362 e. The fraction of sp³-hybridized carbons (Fsp3) is 0.480. The van der Waals surface area contributed by atoms with E-state index < -0.39 is 0 Å². The van der Waals surface area contributed by atoms with Crippen molar-refractivity contribution in [3.05, 3.63) is 65.2 Å². The molecule has 4 heteroatoms. The maximum absolute atomic E-state index is 5.90. The van der Waals surface area contributed by atoms with Crippen molar-refractivity contribution in [2.45, 2.75) is 45.2 Å². The summed E-state index contributed by atoms with van der Waals surface area (Å²) in [5.74, 6) is 0.530. The van der Waals surface area contributed by atoms with Crippen LogP contribution in [0.5, 0.6) is 0 Å². The summed E-state index contributed by atoms with van der Waals surface area (Å²) in [6.07, 6.45) is 1.15. The fourth-order valence-corrected chi connectivity index (χ4v) is 5.19. The lowest BCUT2D eigenvalue weighted by atomic mass is 9.79. The molecule has 0 saturated carbocycles. The average Bonchev–Trinajstić information content (AvgIpc) is 2.71. The van der Waals surface area contributed by atoms with Crippen LogP contribution in [0.1, 0.15) is 49.8 Å². The molecule has 0 unspecified atom stereocenters. The van der Waals surface area contributed by atoms with E-state index in [4.69, 9.17) is 12.2 Å². The van der Waals surface area contributed by atoms with E-state index >= 15 is 0 Å². The van der Waals surface area contributed by atoms with E-state index in [1.807, 2.05) is 0 Å². The van der Waals surface area contributed by atoms with Crippen LogP contribution in [-0.2, 0) is 6.54 Å². The Balaban J connectivity index is 1.64. The summed E-state index contributed by atoms with van der Waals surface area (Å²) in [7, 11) is 2.18. The van der Waals surface area contributed by atoms with Gasteiger partial charge in [-0.1, -0.05) is 49.5 Å². The second-order valence-electron chi connectivity index (χ2n) is 9.36. The van der Waals surface area contributed by atoms with Gasteiger partial charge in [-0.2, -0.15) is 0 Å². The Kier molecular flexibility index (Phi) is 5.67. The molecule has 0 aliphatic carbocycles. The first-order valence-electron chi connectivity index (χ1n) is 10.8. The first-order valence-corrected chi connectivity index (χ1v) is 11.2. The van der Waals surface area contributed by atoms with Crippen LogP contribution >= 0.6 is 12.2 Å². The molecule has 1 fully saturated rings. The fourth-order valence-electron chi connectivity index (χ4n) is 4.88. The third-order valence-corrected chi connectivity index (χ3v) is 7.10. The highest BCUT2D eigenvalue weighted by molar-refractivity contribution is 7.80. The number of fused-ring (bicyclic) bond motifs is 1. The molecule has 29 heavy (non-hydrogen) atoms. The normalized spacial score (nSPS) is 21.7. The molecule has 1 saturated heterocycles. The summed E-state index contributed by atoms with van der Waals surface area (Å²) in [5.41, 5.74) is 5.49. The second kappa shape index (κ2) is 8.08. The van der Waals surface area contributed by atoms with Crippen LogP contribution in [0.3, 0.4) is 0 Å². The van der Waals surface area contributed by atoms with Crippen LogP contribution in [0.25, 0.3) is 0 Å². The summed E-state index contributed by atoms with van der Waals surface area (Å²) in [6.45, 7) is 12.3. The van der Waals surface area contributed by atoms with Crippen molar-refractivity contribution in [2.24, 2.45) is 0 Å². The smallest absolute Gasteiger partial charge is 0.109 e. The van der Waals surface area contributed by atoms with Gasteiger partial charge in [0, 0.05) is 49.5 Å². The molecule has 2 aliphatic heterocycles. The van der Waals surface area contributed by atoms with E-state index in [-0.39, 0.29) is 5.54 Å². The Hall–Kier alpha value is -1.91. The monoisotopic (exact) mass is 407 g/mol. The third-order valence-electron chi connectivity index (χ3n) is 6.61. The van der Waals surface area contributed by atoms with E-state index in [9.17, 15) is 0 Å². The second-order valence-corrected chi connectivity index (χ2v) is 9.75. The Morgan fingerprint density at radius 1 is 1.03 bits per heavy atom. The van der Waals surface area contributed by atoms with Crippen LogP contribution in [0.15, 0.2) is 48.5 Å². The van der Waals surface area contributed by atoms with Gasteiger partial charge in [0.15, 0.2) is 0 Å². The Morgan fingerprint density at radius 3 is 2.41 bits per heavy atom. The highest BCUT2D eigenvalue weighted by Crippen LogP contribution is 2.44. The molecule has 154 valence electrons. The van der Waals surface area contributed by atoms with Crippen molar-refractivity contribution in [1.29, 1.82) is 0 Å². The first-order chi connectivity index (χ1) is 13.8. The molecule has 0 amide bonds. The van der Waals surface area contributed by atoms with Crippen LogP contribution in [0, 0.1) is 0 Å². The molecule has 2 heterocycles. The molecule has 0 radical (unpaired) electrons. The Bertz CT molecular complexity index is 869. The van der Waals surface area contributed by atoms with Gasteiger partial charge in [-0.15, -0.1) is 0 Å². The van der Waals surface area contributed by atoms with E-state index in [1.165, 1.54) is 22.4 Å². The van der Waals surface area contributed by atoms with Gasteiger partial charge in [0.1, 0.15) is 4.99 Å². The number of anilines is 1. The summed E-state index contributed by atoms with van der Waals surface area (Å²) in [4.78, 5) is 8.33. The lowest BCUT2D eigenvalue weighted by Crippen LogP contribution is -2.48. The van der Waals surface area contributed by atoms with Gasteiger partial charge in [0.05, 0.1) is 0 Å². The predicted molar refractivity (Wildman–Crippen MR) is 127 cm³/mol. The topological polar surface area (TPSA) is 9.72 Å². The Morgan fingerprint density at radius 2 is 1.72 bits per heavy atom. The first kappa shape index (κ1) is 20.4. The number of nitrogens with zero attached hydrogens (tertiary/aromatic N) is 3. The molecule has 2 aromatic carbocycles. The van der Waals surface area contributed by atoms with Crippen LogP contribution < -0.4 is 4.90 Å². The zero-order chi connectivity index (χ0) is 20.6. The van der Waals surface area contributed by atoms with Crippen molar-refractivity contribution in [2.75, 3.05) is 38.1 Å². The Labute approximate surface area is 181 Å². The molecule has 0 aromatic heterocycles. The zero-order valence-electron chi connectivity index (χ0n) is 18.2. The van der Waals surface area contributed by atoms with Crippen molar-refractivity contribution >= 4 is 22.9 Å². The number of piperazine rings is 1. The largest absolute Gasteiger partial charge is 0.362 e. The van der Waals surface area contributed by atoms with Gasteiger partial charge in [0.25, 0.3) is 0 Å². The molecular weight excluding hydrogens is 374 g/mol. The van der Waals surface area contributed by atoms with Crippen molar-refractivity contribution in [3.63, 3.8) is 0 Å². The average molecular weight is 408 g/mol.